The highest BCUT2D eigenvalue weighted by Crippen LogP contribution is 2.37. The lowest BCUT2D eigenvalue weighted by Crippen LogP contribution is -2.61. The second-order valence-electron chi connectivity index (χ2n) is 5.83. The van der Waals surface area contributed by atoms with Crippen LogP contribution in [0, 0.1) is 5.92 Å². The molecule has 1 saturated heterocycles. The van der Waals surface area contributed by atoms with Gasteiger partial charge >= 0.3 is 5.97 Å². The van der Waals surface area contributed by atoms with Crippen molar-refractivity contribution in [1.29, 1.82) is 0 Å². The van der Waals surface area contributed by atoms with Crippen LogP contribution in [0.15, 0.2) is 0 Å². The van der Waals surface area contributed by atoms with Crippen LogP contribution in [0.25, 0.3) is 0 Å². The van der Waals surface area contributed by atoms with E-state index in [0.29, 0.717) is 5.92 Å². The molecule has 2 unspecified atom stereocenters. The summed E-state index contributed by atoms with van der Waals surface area (Å²) in [6.45, 7) is 5.96. The quantitative estimate of drug-likeness (QED) is 0.789. The maximum atomic E-state index is 11.7. The van der Waals surface area contributed by atoms with Crippen LogP contribution in [0.4, 0.5) is 0 Å². The predicted octanol–water partition coefficient (Wildman–Crippen LogP) is 1.27. The van der Waals surface area contributed by atoms with E-state index >= 15 is 0 Å². The molecular weight excluding hydrogens is 216 g/mol. The SMILES string of the molecule is CC1CCCC(C(=O)O)(N2CCN(C)CC2)C1. The zero-order valence-corrected chi connectivity index (χ0v) is 11.0. The van der Waals surface area contributed by atoms with Crippen LogP contribution >= 0.6 is 0 Å². The van der Waals surface area contributed by atoms with Crippen molar-refractivity contribution < 1.29 is 9.90 Å². The summed E-state index contributed by atoms with van der Waals surface area (Å²) in [5, 5.41) is 9.67. The number of piperazine rings is 1. The highest BCUT2D eigenvalue weighted by molar-refractivity contribution is 5.79. The van der Waals surface area contributed by atoms with Gasteiger partial charge in [-0.3, -0.25) is 9.69 Å². The number of carboxylic acids is 1. The van der Waals surface area contributed by atoms with E-state index in [4.69, 9.17) is 0 Å². The van der Waals surface area contributed by atoms with E-state index in [2.05, 4.69) is 23.8 Å². The summed E-state index contributed by atoms with van der Waals surface area (Å²) in [5.41, 5.74) is -0.571. The zero-order valence-electron chi connectivity index (χ0n) is 11.0. The van der Waals surface area contributed by atoms with E-state index in [9.17, 15) is 9.90 Å². The highest BCUT2D eigenvalue weighted by atomic mass is 16.4. The Bertz CT molecular complexity index is 287. The van der Waals surface area contributed by atoms with Crippen LogP contribution in [0.1, 0.15) is 32.6 Å². The molecule has 4 heteroatoms. The van der Waals surface area contributed by atoms with Crippen molar-refractivity contribution >= 4 is 5.97 Å². The maximum Gasteiger partial charge on any atom is 0.324 e. The minimum absolute atomic E-state index is 0.541. The van der Waals surface area contributed by atoms with E-state index in [1.165, 1.54) is 6.42 Å². The molecule has 0 amide bonds. The number of nitrogens with zero attached hydrogens (tertiary/aromatic N) is 2. The van der Waals surface area contributed by atoms with E-state index in [0.717, 1.165) is 45.4 Å². The maximum absolute atomic E-state index is 11.7. The van der Waals surface area contributed by atoms with Crippen molar-refractivity contribution in [3.05, 3.63) is 0 Å². The molecular formula is C13H24N2O2. The van der Waals surface area contributed by atoms with E-state index in [1.807, 2.05) is 0 Å². The molecule has 2 rings (SSSR count). The molecule has 4 nitrogen and oxygen atoms in total. The summed E-state index contributed by atoms with van der Waals surface area (Å²) in [5.74, 6) is -0.0619. The van der Waals surface area contributed by atoms with E-state index in [-0.39, 0.29) is 0 Å². The summed E-state index contributed by atoms with van der Waals surface area (Å²) in [7, 11) is 2.11. The zero-order chi connectivity index (χ0) is 12.5. The molecule has 2 atom stereocenters. The van der Waals surface area contributed by atoms with Crippen LogP contribution < -0.4 is 0 Å². The largest absolute Gasteiger partial charge is 0.480 e. The predicted molar refractivity (Wildman–Crippen MR) is 67.1 cm³/mol. The van der Waals surface area contributed by atoms with Gasteiger partial charge < -0.3 is 10.0 Å². The molecule has 17 heavy (non-hydrogen) atoms. The Balaban J connectivity index is 2.13. The average molecular weight is 240 g/mol. The van der Waals surface area contributed by atoms with Crippen LogP contribution in [0.5, 0.6) is 0 Å². The first kappa shape index (κ1) is 12.8. The normalized spacial score (nSPS) is 36.9. The van der Waals surface area contributed by atoms with E-state index < -0.39 is 11.5 Å². The Hall–Kier alpha value is -0.610. The number of likely N-dealkylation sites (N-methyl/N-ethyl adjacent to an activating group) is 1. The Kier molecular flexibility index (Phi) is 3.73. The van der Waals surface area contributed by atoms with Crippen molar-refractivity contribution in [2.75, 3.05) is 33.2 Å². The molecule has 2 fully saturated rings. The monoisotopic (exact) mass is 240 g/mol. The summed E-state index contributed by atoms with van der Waals surface area (Å²) in [6, 6.07) is 0. The van der Waals surface area contributed by atoms with Gasteiger partial charge in [-0.05, 0) is 25.8 Å². The van der Waals surface area contributed by atoms with Crippen LogP contribution in [0.2, 0.25) is 0 Å². The Morgan fingerprint density at radius 1 is 1.29 bits per heavy atom. The first-order chi connectivity index (χ1) is 8.04. The van der Waals surface area contributed by atoms with Gasteiger partial charge in [0.2, 0.25) is 0 Å². The average Bonchev–Trinajstić information content (AvgIpc) is 2.29. The second kappa shape index (κ2) is 4.94. The number of rotatable bonds is 2. The molecule has 1 saturated carbocycles. The van der Waals surface area contributed by atoms with Gasteiger partial charge in [0.1, 0.15) is 5.54 Å². The molecule has 0 bridgehead atoms. The van der Waals surface area contributed by atoms with Gasteiger partial charge in [-0.25, -0.2) is 0 Å². The molecule has 0 aromatic carbocycles. The smallest absolute Gasteiger partial charge is 0.324 e. The fourth-order valence-electron chi connectivity index (χ4n) is 3.37. The van der Waals surface area contributed by atoms with Crippen molar-refractivity contribution in [1.82, 2.24) is 9.80 Å². The topological polar surface area (TPSA) is 43.8 Å². The molecule has 1 heterocycles. The molecule has 1 aliphatic carbocycles. The van der Waals surface area contributed by atoms with Crippen molar-refractivity contribution in [2.45, 2.75) is 38.1 Å². The summed E-state index contributed by atoms with van der Waals surface area (Å²) in [4.78, 5) is 16.3. The third-order valence-electron chi connectivity index (χ3n) is 4.48. The Morgan fingerprint density at radius 3 is 2.47 bits per heavy atom. The van der Waals surface area contributed by atoms with Gasteiger partial charge in [0.25, 0.3) is 0 Å². The third-order valence-corrected chi connectivity index (χ3v) is 4.48. The highest BCUT2D eigenvalue weighted by Gasteiger charge is 2.47. The molecule has 0 aromatic rings. The molecule has 1 aliphatic heterocycles. The fraction of sp³-hybridized carbons (Fsp3) is 0.923. The first-order valence-corrected chi connectivity index (χ1v) is 6.71. The lowest BCUT2D eigenvalue weighted by atomic mass is 9.75. The van der Waals surface area contributed by atoms with Gasteiger partial charge in [0, 0.05) is 26.2 Å². The molecule has 1 N–H and O–H groups in total. The number of hydrogen-bond donors (Lipinski definition) is 1. The molecule has 98 valence electrons. The van der Waals surface area contributed by atoms with Gasteiger partial charge in [-0.2, -0.15) is 0 Å². The fourth-order valence-corrected chi connectivity index (χ4v) is 3.37. The molecule has 0 aromatic heterocycles. The Labute approximate surface area is 104 Å². The summed E-state index contributed by atoms with van der Waals surface area (Å²) < 4.78 is 0. The van der Waals surface area contributed by atoms with E-state index in [1.54, 1.807) is 0 Å². The molecule has 0 spiro atoms. The van der Waals surface area contributed by atoms with Gasteiger partial charge in [-0.1, -0.05) is 19.8 Å². The summed E-state index contributed by atoms with van der Waals surface area (Å²) >= 11 is 0. The standard InChI is InChI=1S/C13H24N2O2/c1-11-4-3-5-13(10-11,12(16)17)15-8-6-14(2)7-9-15/h11H,3-10H2,1-2H3,(H,16,17). The van der Waals surface area contributed by atoms with Crippen molar-refractivity contribution in [3.63, 3.8) is 0 Å². The first-order valence-electron chi connectivity index (χ1n) is 6.71. The lowest BCUT2D eigenvalue weighted by molar-refractivity contribution is -0.157. The van der Waals surface area contributed by atoms with Gasteiger partial charge in [0.15, 0.2) is 0 Å². The van der Waals surface area contributed by atoms with Crippen molar-refractivity contribution in [3.8, 4) is 0 Å². The number of aliphatic carboxylic acids is 1. The molecule has 2 aliphatic rings. The Morgan fingerprint density at radius 2 is 1.94 bits per heavy atom. The number of hydrogen-bond acceptors (Lipinski definition) is 3. The lowest BCUT2D eigenvalue weighted by Gasteiger charge is -2.47. The van der Waals surface area contributed by atoms with Gasteiger partial charge in [-0.15, -0.1) is 0 Å². The molecule has 0 radical (unpaired) electrons. The van der Waals surface area contributed by atoms with Crippen molar-refractivity contribution in [2.24, 2.45) is 5.92 Å². The van der Waals surface area contributed by atoms with Crippen LogP contribution in [0.3, 0.4) is 0 Å². The summed E-state index contributed by atoms with van der Waals surface area (Å²) in [6.07, 6.45) is 3.89. The minimum Gasteiger partial charge on any atom is -0.480 e. The third kappa shape index (κ3) is 2.47. The van der Waals surface area contributed by atoms with Crippen LogP contribution in [-0.2, 0) is 4.79 Å². The number of carboxylic acid groups (broad SMARTS) is 1. The second-order valence-corrected chi connectivity index (χ2v) is 5.83. The minimum atomic E-state index is -0.603. The number of carbonyl (C=O) groups is 1. The van der Waals surface area contributed by atoms with Gasteiger partial charge in [0.05, 0.1) is 0 Å². The van der Waals surface area contributed by atoms with Crippen LogP contribution in [-0.4, -0.2) is 59.6 Å².